The third-order valence-corrected chi connectivity index (χ3v) is 3.14. The molecule has 0 aliphatic heterocycles. The minimum absolute atomic E-state index is 0.0278. The van der Waals surface area contributed by atoms with E-state index in [9.17, 15) is 14.0 Å². The SMILES string of the molecule is O=C(Nc1ccc(Br)c(C(=O)O)c1)c1ccc(F)nc1. The number of pyridine rings is 1. The lowest BCUT2D eigenvalue weighted by Gasteiger charge is -2.07. The zero-order valence-electron chi connectivity index (χ0n) is 9.93. The molecule has 102 valence electrons. The van der Waals surface area contributed by atoms with Crippen LogP contribution >= 0.6 is 15.9 Å². The van der Waals surface area contributed by atoms with E-state index in [0.29, 0.717) is 10.2 Å². The summed E-state index contributed by atoms with van der Waals surface area (Å²) >= 11 is 3.10. The quantitative estimate of drug-likeness (QED) is 0.843. The summed E-state index contributed by atoms with van der Waals surface area (Å²) in [6, 6.07) is 6.74. The molecule has 0 radical (unpaired) electrons. The molecule has 0 bridgehead atoms. The summed E-state index contributed by atoms with van der Waals surface area (Å²) in [5, 5.41) is 11.5. The molecule has 0 unspecified atom stereocenters. The Bertz CT molecular complexity index is 674. The molecule has 0 aliphatic rings. The largest absolute Gasteiger partial charge is 0.478 e. The number of carbonyl (C=O) groups excluding carboxylic acids is 1. The van der Waals surface area contributed by atoms with Gasteiger partial charge < -0.3 is 10.4 Å². The van der Waals surface area contributed by atoms with Crippen molar-refractivity contribution < 1.29 is 19.1 Å². The van der Waals surface area contributed by atoms with Crippen molar-refractivity contribution in [1.29, 1.82) is 0 Å². The first-order chi connectivity index (χ1) is 9.47. The molecule has 20 heavy (non-hydrogen) atoms. The third kappa shape index (κ3) is 3.18. The van der Waals surface area contributed by atoms with Crippen LogP contribution in [0.15, 0.2) is 41.0 Å². The minimum Gasteiger partial charge on any atom is -0.478 e. The maximum atomic E-state index is 12.6. The molecular formula is C13H8BrFN2O3. The number of nitrogens with one attached hydrogen (secondary N) is 1. The molecule has 2 N–H and O–H groups in total. The number of aromatic nitrogens is 1. The molecule has 1 heterocycles. The Kier molecular flexibility index (Phi) is 4.09. The molecule has 1 aromatic heterocycles. The number of halogens is 2. The molecule has 5 nitrogen and oxygen atoms in total. The van der Waals surface area contributed by atoms with E-state index in [1.54, 1.807) is 6.07 Å². The van der Waals surface area contributed by atoms with Crippen molar-refractivity contribution in [3.05, 3.63) is 58.1 Å². The predicted molar refractivity (Wildman–Crippen MR) is 73.2 cm³/mol. The summed E-state index contributed by atoms with van der Waals surface area (Å²) in [6.45, 7) is 0. The predicted octanol–water partition coefficient (Wildman–Crippen LogP) is 2.93. The lowest BCUT2D eigenvalue weighted by atomic mass is 10.2. The Morgan fingerprint density at radius 1 is 1.25 bits per heavy atom. The van der Waals surface area contributed by atoms with Crippen molar-refractivity contribution in [3.8, 4) is 0 Å². The topological polar surface area (TPSA) is 79.3 Å². The van der Waals surface area contributed by atoms with Gasteiger partial charge in [0, 0.05) is 16.4 Å². The lowest BCUT2D eigenvalue weighted by Crippen LogP contribution is -2.13. The van der Waals surface area contributed by atoms with Crippen LogP contribution in [0.25, 0.3) is 0 Å². The number of amides is 1. The summed E-state index contributed by atoms with van der Waals surface area (Å²) in [4.78, 5) is 26.2. The standard InChI is InChI=1S/C13H8BrFN2O3/c14-10-3-2-8(5-9(10)13(19)20)17-12(18)7-1-4-11(15)16-6-7/h1-6H,(H,17,18)(H,19,20). The second-order valence-electron chi connectivity index (χ2n) is 3.82. The Morgan fingerprint density at radius 2 is 2.00 bits per heavy atom. The third-order valence-electron chi connectivity index (χ3n) is 2.44. The maximum absolute atomic E-state index is 12.6. The van der Waals surface area contributed by atoms with Crippen molar-refractivity contribution in [1.82, 2.24) is 4.98 Å². The number of carboxylic acids is 1. The number of carbonyl (C=O) groups is 2. The summed E-state index contributed by atoms with van der Waals surface area (Å²) < 4.78 is 13.1. The fourth-order valence-corrected chi connectivity index (χ4v) is 1.90. The van der Waals surface area contributed by atoms with E-state index < -0.39 is 17.8 Å². The summed E-state index contributed by atoms with van der Waals surface area (Å²) in [6.07, 6.45) is 1.10. The summed E-state index contributed by atoms with van der Waals surface area (Å²) in [5.74, 6) is -2.30. The van der Waals surface area contributed by atoms with Crippen LogP contribution in [-0.4, -0.2) is 22.0 Å². The number of nitrogens with zero attached hydrogens (tertiary/aromatic N) is 1. The molecule has 0 atom stereocenters. The van der Waals surface area contributed by atoms with Crippen LogP contribution < -0.4 is 5.32 Å². The lowest BCUT2D eigenvalue weighted by molar-refractivity contribution is 0.0695. The van der Waals surface area contributed by atoms with E-state index in [1.807, 2.05) is 0 Å². The van der Waals surface area contributed by atoms with E-state index >= 15 is 0 Å². The highest BCUT2D eigenvalue weighted by Crippen LogP contribution is 2.21. The second kappa shape index (κ2) is 5.79. The van der Waals surface area contributed by atoms with Crippen molar-refractivity contribution in [3.63, 3.8) is 0 Å². The van der Waals surface area contributed by atoms with Crippen LogP contribution in [-0.2, 0) is 0 Å². The molecule has 0 spiro atoms. The average Bonchev–Trinajstić information content (AvgIpc) is 2.41. The Balaban J connectivity index is 2.21. The minimum atomic E-state index is -1.11. The highest BCUT2D eigenvalue weighted by Gasteiger charge is 2.11. The van der Waals surface area contributed by atoms with Crippen LogP contribution in [0, 0.1) is 5.95 Å². The number of hydrogen-bond donors (Lipinski definition) is 2. The summed E-state index contributed by atoms with van der Waals surface area (Å²) in [7, 11) is 0. The van der Waals surface area contributed by atoms with Crippen LogP contribution in [0.2, 0.25) is 0 Å². The highest BCUT2D eigenvalue weighted by molar-refractivity contribution is 9.10. The molecule has 1 aromatic carbocycles. The van der Waals surface area contributed by atoms with Gasteiger partial charge in [0.1, 0.15) is 0 Å². The summed E-state index contributed by atoms with van der Waals surface area (Å²) in [5.41, 5.74) is 0.520. The molecule has 0 saturated carbocycles. The van der Waals surface area contributed by atoms with E-state index in [2.05, 4.69) is 26.2 Å². The van der Waals surface area contributed by atoms with Crippen LogP contribution in [0.5, 0.6) is 0 Å². The van der Waals surface area contributed by atoms with Gasteiger partial charge in [0.25, 0.3) is 5.91 Å². The van der Waals surface area contributed by atoms with Gasteiger partial charge >= 0.3 is 5.97 Å². The Hall–Kier alpha value is -2.28. The monoisotopic (exact) mass is 338 g/mol. The molecule has 1 amide bonds. The first-order valence-corrected chi connectivity index (χ1v) is 6.22. The van der Waals surface area contributed by atoms with E-state index in [1.165, 1.54) is 18.2 Å². The molecule has 7 heteroatoms. The zero-order chi connectivity index (χ0) is 14.7. The van der Waals surface area contributed by atoms with Crippen molar-refractivity contribution in [2.75, 3.05) is 5.32 Å². The molecule has 0 saturated heterocycles. The van der Waals surface area contributed by atoms with Gasteiger partial charge in [-0.2, -0.15) is 4.39 Å². The van der Waals surface area contributed by atoms with Gasteiger partial charge in [-0.15, -0.1) is 0 Å². The van der Waals surface area contributed by atoms with Gasteiger partial charge in [-0.1, -0.05) is 0 Å². The van der Waals surface area contributed by atoms with E-state index in [4.69, 9.17) is 5.11 Å². The second-order valence-corrected chi connectivity index (χ2v) is 4.68. The van der Waals surface area contributed by atoms with Crippen molar-refractivity contribution in [2.45, 2.75) is 0 Å². The molecular weight excluding hydrogens is 331 g/mol. The van der Waals surface area contributed by atoms with Gasteiger partial charge in [-0.3, -0.25) is 4.79 Å². The highest BCUT2D eigenvalue weighted by atomic mass is 79.9. The van der Waals surface area contributed by atoms with Gasteiger partial charge in [0.15, 0.2) is 0 Å². The number of hydrogen-bond acceptors (Lipinski definition) is 3. The number of benzene rings is 1. The average molecular weight is 339 g/mol. The molecule has 0 aliphatic carbocycles. The normalized spacial score (nSPS) is 10.1. The molecule has 2 aromatic rings. The molecule has 0 fully saturated rings. The van der Waals surface area contributed by atoms with Crippen LogP contribution in [0.4, 0.5) is 10.1 Å². The van der Waals surface area contributed by atoms with E-state index in [0.717, 1.165) is 12.3 Å². The number of aromatic carboxylic acids is 1. The van der Waals surface area contributed by atoms with Gasteiger partial charge in [0.05, 0.1) is 11.1 Å². The fourth-order valence-electron chi connectivity index (χ4n) is 1.48. The number of rotatable bonds is 3. The van der Waals surface area contributed by atoms with Gasteiger partial charge in [0.2, 0.25) is 5.95 Å². The van der Waals surface area contributed by atoms with Crippen molar-refractivity contribution >= 4 is 33.5 Å². The fraction of sp³-hybridized carbons (Fsp3) is 0. The van der Waals surface area contributed by atoms with Gasteiger partial charge in [-0.25, -0.2) is 9.78 Å². The molecule has 2 rings (SSSR count). The first-order valence-electron chi connectivity index (χ1n) is 5.43. The van der Waals surface area contributed by atoms with E-state index in [-0.39, 0.29) is 11.1 Å². The Morgan fingerprint density at radius 3 is 2.60 bits per heavy atom. The van der Waals surface area contributed by atoms with Crippen molar-refractivity contribution in [2.24, 2.45) is 0 Å². The number of anilines is 1. The Labute approximate surface area is 121 Å². The maximum Gasteiger partial charge on any atom is 0.336 e. The number of carboxylic acid groups (broad SMARTS) is 1. The zero-order valence-corrected chi connectivity index (χ0v) is 11.5. The smallest absolute Gasteiger partial charge is 0.336 e. The van der Waals surface area contributed by atoms with Crippen LogP contribution in [0.3, 0.4) is 0 Å². The first kappa shape index (κ1) is 14.1. The van der Waals surface area contributed by atoms with Crippen LogP contribution in [0.1, 0.15) is 20.7 Å². The van der Waals surface area contributed by atoms with Gasteiger partial charge in [-0.05, 0) is 46.3 Å².